The van der Waals surface area contributed by atoms with Crippen molar-refractivity contribution in [2.24, 2.45) is 23.5 Å². The van der Waals surface area contributed by atoms with Gasteiger partial charge < -0.3 is 25.7 Å². The summed E-state index contributed by atoms with van der Waals surface area (Å²) in [5, 5.41) is 17.9. The maximum absolute atomic E-state index is 13.4. The van der Waals surface area contributed by atoms with E-state index < -0.39 is 30.1 Å². The Balaban J connectivity index is 0.000000221. The van der Waals surface area contributed by atoms with Crippen LogP contribution in [0.25, 0.3) is 21.8 Å². The number of hydrogen-bond donors (Lipinski definition) is 3. The number of anilines is 2. The average molecular weight is 826 g/mol. The summed E-state index contributed by atoms with van der Waals surface area (Å²) >= 11 is 5.14. The number of Topliss-reactive ketones (excluding diaryl/α,β-unsaturated/α-hetero) is 2. The zero-order valence-corrected chi connectivity index (χ0v) is 32.8. The maximum Gasteiger partial charge on any atom is 0.418 e. The number of halogens is 7. The fourth-order valence-electron chi connectivity index (χ4n) is 7.66. The van der Waals surface area contributed by atoms with Gasteiger partial charge in [-0.15, -0.1) is 11.6 Å². The van der Waals surface area contributed by atoms with Crippen LogP contribution < -0.4 is 15.5 Å². The largest absolute Gasteiger partial charge is 0.418 e. The first-order chi connectivity index (χ1) is 27.0. The van der Waals surface area contributed by atoms with Gasteiger partial charge in [-0.2, -0.15) is 26.3 Å². The molecule has 0 spiro atoms. The van der Waals surface area contributed by atoms with Gasteiger partial charge in [0.25, 0.3) is 0 Å². The van der Waals surface area contributed by atoms with E-state index in [9.17, 15) is 35.9 Å². The number of benzene rings is 2. The van der Waals surface area contributed by atoms with Crippen molar-refractivity contribution in [3.05, 3.63) is 72.1 Å². The first kappa shape index (κ1) is 45.6. The van der Waals surface area contributed by atoms with Crippen LogP contribution in [-0.4, -0.2) is 83.1 Å². The molecule has 4 heterocycles. The molecule has 2 saturated heterocycles. The number of carbonyl (C=O) groups is 2. The van der Waals surface area contributed by atoms with Gasteiger partial charge in [0.05, 0.1) is 22.2 Å². The molecule has 9 nitrogen and oxygen atoms in total. The van der Waals surface area contributed by atoms with Gasteiger partial charge in [-0.25, -0.2) is 0 Å². The van der Waals surface area contributed by atoms with Crippen LogP contribution in [0.1, 0.15) is 63.5 Å². The Morgan fingerprint density at radius 3 is 1.65 bits per heavy atom. The van der Waals surface area contributed by atoms with Gasteiger partial charge in [0.15, 0.2) is 11.6 Å². The number of fused-ring (bicyclic) bond motifs is 2. The standard InChI is InChI=1S/C21H25F3N2O2.C16H18F3N3.C4H7ClO2/c1-14-10-15(4-2-5-16(28)13-27)12-26(11-14)19-8-7-18(21(22,23)24)20-17(19)6-3-9-25-20;1-10-7-11(20)9-22(8-10)14-5-4-13(16(17,18)19)15-12(14)3-2-6-21-15;5-2-1-4(7)3-6/h3,6-9,14-15,27H,2,4-5,10-13H2,1H3;2-6,10-11H,7-9,20H2,1H3;6H,1-3H2/t14-,15+;10-,11+;/m00./s1. The normalized spacial score (nSPS) is 20.1. The van der Waals surface area contributed by atoms with Crippen molar-refractivity contribution in [1.82, 2.24) is 9.97 Å². The van der Waals surface area contributed by atoms with E-state index >= 15 is 0 Å². The quantitative estimate of drug-likeness (QED) is 0.107. The Labute approximate surface area is 333 Å². The van der Waals surface area contributed by atoms with Crippen molar-refractivity contribution in [1.29, 1.82) is 0 Å². The summed E-state index contributed by atoms with van der Waals surface area (Å²) in [6, 6.07) is 12.1. The number of alkyl halides is 7. The summed E-state index contributed by atoms with van der Waals surface area (Å²) in [4.78, 5) is 33.6. The lowest BCUT2D eigenvalue weighted by molar-refractivity contribution is -0.137. The lowest BCUT2D eigenvalue weighted by Gasteiger charge is -2.38. The lowest BCUT2D eigenvalue weighted by atomic mass is 9.86. The summed E-state index contributed by atoms with van der Waals surface area (Å²) in [7, 11) is 0. The predicted octanol–water partition coefficient (Wildman–Crippen LogP) is 8.05. The Bertz CT molecular complexity index is 1940. The number of piperidine rings is 2. The van der Waals surface area contributed by atoms with Gasteiger partial charge >= 0.3 is 12.4 Å². The molecule has 2 aliphatic heterocycles. The van der Waals surface area contributed by atoms with Crippen molar-refractivity contribution < 1.29 is 46.1 Å². The third-order valence-corrected chi connectivity index (χ3v) is 10.2. The Morgan fingerprint density at radius 2 is 1.21 bits per heavy atom. The molecule has 0 amide bonds. The summed E-state index contributed by atoms with van der Waals surface area (Å²) < 4.78 is 79.5. The molecule has 2 aliphatic rings. The molecule has 0 radical (unpaired) electrons. The third-order valence-electron chi connectivity index (χ3n) is 10.0. The van der Waals surface area contributed by atoms with E-state index in [1.165, 1.54) is 18.5 Å². The minimum atomic E-state index is -4.44. The molecule has 0 aliphatic carbocycles. The molecule has 4 N–H and O–H groups in total. The maximum atomic E-state index is 13.4. The molecule has 312 valence electrons. The molecule has 0 saturated carbocycles. The highest BCUT2D eigenvalue weighted by molar-refractivity contribution is 6.19. The molecule has 2 fully saturated rings. The molecule has 4 atom stereocenters. The molecule has 0 bridgehead atoms. The van der Waals surface area contributed by atoms with E-state index in [1.54, 1.807) is 30.3 Å². The predicted molar refractivity (Wildman–Crippen MR) is 210 cm³/mol. The summed E-state index contributed by atoms with van der Waals surface area (Å²) in [6.45, 7) is 6.42. The average Bonchev–Trinajstić information content (AvgIpc) is 3.16. The Morgan fingerprint density at radius 1 is 0.737 bits per heavy atom. The number of carbonyl (C=O) groups excluding carboxylic acids is 2. The van der Waals surface area contributed by atoms with Crippen molar-refractivity contribution in [2.45, 2.75) is 70.8 Å². The number of pyridine rings is 2. The van der Waals surface area contributed by atoms with Crippen LogP contribution in [-0.2, 0) is 21.9 Å². The minimum absolute atomic E-state index is 0.000650. The number of aliphatic hydroxyl groups is 2. The smallest absolute Gasteiger partial charge is 0.389 e. The SMILES string of the molecule is C[C@H]1C[C@@H](CCCC(=O)CO)CN(c2ccc(C(F)(F)F)c3ncccc23)C1.C[C@H]1C[C@@H](N)CN(c2ccc(C(F)(F)F)c3ncccc23)C1.O=C(CO)CCCl. The molecule has 6 rings (SSSR count). The van der Waals surface area contributed by atoms with Crippen LogP contribution in [0.4, 0.5) is 37.7 Å². The number of nitrogens with two attached hydrogens (primary N) is 1. The monoisotopic (exact) mass is 825 g/mol. The lowest BCUT2D eigenvalue weighted by Crippen LogP contribution is -2.46. The third kappa shape index (κ3) is 12.7. The van der Waals surface area contributed by atoms with Gasteiger partial charge in [0, 0.05) is 85.5 Å². The second kappa shape index (κ2) is 20.6. The molecule has 0 unspecified atom stereocenters. The van der Waals surface area contributed by atoms with Crippen LogP contribution in [0, 0.1) is 17.8 Å². The van der Waals surface area contributed by atoms with Crippen LogP contribution in [0.2, 0.25) is 0 Å². The van der Waals surface area contributed by atoms with Crippen molar-refractivity contribution in [3.8, 4) is 0 Å². The molecular formula is C41H50ClF6N5O4. The highest BCUT2D eigenvalue weighted by Gasteiger charge is 2.36. The van der Waals surface area contributed by atoms with Crippen molar-refractivity contribution in [2.75, 3.05) is 55.1 Å². The van der Waals surface area contributed by atoms with Gasteiger partial charge in [-0.3, -0.25) is 19.6 Å². The summed E-state index contributed by atoms with van der Waals surface area (Å²) in [6.07, 6.45) is -1.87. The molecular weight excluding hydrogens is 776 g/mol. The number of aliphatic hydroxyl groups excluding tert-OH is 2. The zero-order valence-electron chi connectivity index (χ0n) is 32.0. The van der Waals surface area contributed by atoms with Crippen LogP contribution in [0.3, 0.4) is 0 Å². The first-order valence-electron chi connectivity index (χ1n) is 18.9. The fourth-order valence-corrected chi connectivity index (χ4v) is 7.87. The highest BCUT2D eigenvalue weighted by Crippen LogP contribution is 2.40. The summed E-state index contributed by atoms with van der Waals surface area (Å²) in [5.41, 5.74) is 6.19. The number of hydrogen-bond acceptors (Lipinski definition) is 9. The topological polar surface area (TPSA) is 133 Å². The van der Waals surface area contributed by atoms with Gasteiger partial charge in [0.1, 0.15) is 13.2 Å². The number of aromatic nitrogens is 2. The van der Waals surface area contributed by atoms with Gasteiger partial charge in [0.2, 0.25) is 0 Å². The van der Waals surface area contributed by atoms with E-state index in [0.717, 1.165) is 68.8 Å². The summed E-state index contributed by atoms with van der Waals surface area (Å²) in [5.74, 6) is 1.14. The number of nitrogens with zero attached hydrogens (tertiary/aromatic N) is 4. The fraction of sp³-hybridized carbons (Fsp3) is 0.512. The molecule has 4 aromatic rings. The second-order valence-electron chi connectivity index (χ2n) is 14.9. The second-order valence-corrected chi connectivity index (χ2v) is 15.3. The Kier molecular flexibility index (Phi) is 16.5. The van der Waals surface area contributed by atoms with E-state index in [2.05, 4.69) is 33.6 Å². The van der Waals surface area contributed by atoms with E-state index in [-0.39, 0.29) is 41.7 Å². The van der Waals surface area contributed by atoms with Gasteiger partial charge in [-0.1, -0.05) is 13.8 Å². The molecule has 16 heteroatoms. The van der Waals surface area contributed by atoms with E-state index in [0.29, 0.717) is 47.4 Å². The molecule has 2 aromatic carbocycles. The van der Waals surface area contributed by atoms with E-state index in [4.69, 9.17) is 27.5 Å². The van der Waals surface area contributed by atoms with Gasteiger partial charge in [-0.05, 0) is 92.0 Å². The first-order valence-corrected chi connectivity index (χ1v) is 19.5. The number of ketones is 2. The van der Waals surface area contributed by atoms with Crippen LogP contribution in [0.5, 0.6) is 0 Å². The van der Waals surface area contributed by atoms with Crippen LogP contribution >= 0.6 is 11.6 Å². The number of rotatable bonds is 10. The molecule has 2 aromatic heterocycles. The van der Waals surface area contributed by atoms with Crippen LogP contribution in [0.15, 0.2) is 60.9 Å². The highest BCUT2D eigenvalue weighted by atomic mass is 35.5. The Hall–Kier alpha value is -4.05. The van der Waals surface area contributed by atoms with E-state index in [1.807, 2.05) is 0 Å². The zero-order chi connectivity index (χ0) is 41.9. The minimum Gasteiger partial charge on any atom is -0.389 e. The van der Waals surface area contributed by atoms with Crippen molar-refractivity contribution >= 4 is 56.3 Å². The molecule has 57 heavy (non-hydrogen) atoms. The van der Waals surface area contributed by atoms with Crippen molar-refractivity contribution in [3.63, 3.8) is 0 Å².